The summed E-state index contributed by atoms with van der Waals surface area (Å²) in [7, 11) is 0. The second kappa shape index (κ2) is 11.3. The highest BCUT2D eigenvalue weighted by molar-refractivity contribution is 6.32. The van der Waals surface area contributed by atoms with E-state index in [-0.39, 0.29) is 0 Å². The minimum Gasteiger partial charge on any atom is -0.291 e. The standard InChI is InChI=1S/C15H18Cl2N2.C2H4/c1-4-6-12(3)10-19(9-5-2)11-13-7-8-14(16)18-15(13)17;1-2/h4-8H,2-3,9-11H2,1H3;1-2H2/b6-4-;. The quantitative estimate of drug-likeness (QED) is 0.384. The zero-order valence-electron chi connectivity index (χ0n) is 12.5. The van der Waals surface area contributed by atoms with Gasteiger partial charge in [0.15, 0.2) is 0 Å². The Morgan fingerprint density at radius 3 is 2.52 bits per heavy atom. The highest BCUT2D eigenvalue weighted by atomic mass is 35.5. The third kappa shape index (κ3) is 7.86. The Morgan fingerprint density at radius 2 is 2.00 bits per heavy atom. The summed E-state index contributed by atoms with van der Waals surface area (Å²) in [6, 6.07) is 3.64. The van der Waals surface area contributed by atoms with E-state index in [1.165, 1.54) is 0 Å². The molecular formula is C17H22Cl2N2. The summed E-state index contributed by atoms with van der Waals surface area (Å²) in [5.74, 6) is 0. The van der Waals surface area contributed by atoms with Crippen molar-refractivity contribution in [3.05, 3.63) is 78.1 Å². The van der Waals surface area contributed by atoms with Crippen LogP contribution in [-0.4, -0.2) is 23.0 Å². The molecule has 0 amide bonds. The highest BCUT2D eigenvalue weighted by Gasteiger charge is 2.09. The van der Waals surface area contributed by atoms with Gasteiger partial charge in [-0.25, -0.2) is 4.98 Å². The molecule has 21 heavy (non-hydrogen) atoms. The van der Waals surface area contributed by atoms with Gasteiger partial charge in [0.2, 0.25) is 0 Å². The summed E-state index contributed by atoms with van der Waals surface area (Å²) in [5, 5.41) is 0.848. The third-order valence-electron chi connectivity index (χ3n) is 2.50. The molecule has 0 saturated carbocycles. The molecular weight excluding hydrogens is 303 g/mol. The van der Waals surface area contributed by atoms with Crippen molar-refractivity contribution < 1.29 is 0 Å². The van der Waals surface area contributed by atoms with Crippen molar-refractivity contribution in [3.8, 4) is 0 Å². The van der Waals surface area contributed by atoms with Gasteiger partial charge in [-0.15, -0.1) is 19.7 Å². The number of aromatic nitrogens is 1. The molecule has 114 valence electrons. The Labute approximate surface area is 138 Å². The Morgan fingerprint density at radius 1 is 1.33 bits per heavy atom. The van der Waals surface area contributed by atoms with Gasteiger partial charge in [0.05, 0.1) is 0 Å². The van der Waals surface area contributed by atoms with Gasteiger partial charge < -0.3 is 0 Å². The lowest BCUT2D eigenvalue weighted by Gasteiger charge is -2.21. The molecule has 0 aliphatic heterocycles. The van der Waals surface area contributed by atoms with E-state index in [0.717, 1.165) is 24.2 Å². The summed E-state index contributed by atoms with van der Waals surface area (Å²) < 4.78 is 0. The second-order valence-electron chi connectivity index (χ2n) is 4.20. The number of hydrogen-bond donors (Lipinski definition) is 0. The van der Waals surface area contributed by atoms with Crippen LogP contribution >= 0.6 is 23.2 Å². The van der Waals surface area contributed by atoms with Gasteiger partial charge in [0.25, 0.3) is 0 Å². The van der Waals surface area contributed by atoms with Crippen LogP contribution in [0.25, 0.3) is 0 Å². The third-order valence-corrected chi connectivity index (χ3v) is 3.04. The lowest BCUT2D eigenvalue weighted by Crippen LogP contribution is -2.25. The molecule has 0 radical (unpaired) electrons. The minimum atomic E-state index is 0.405. The van der Waals surface area contributed by atoms with Crippen molar-refractivity contribution in [2.75, 3.05) is 13.1 Å². The molecule has 2 nitrogen and oxygen atoms in total. The van der Waals surface area contributed by atoms with Crippen LogP contribution in [0.1, 0.15) is 12.5 Å². The molecule has 0 atom stereocenters. The summed E-state index contributed by atoms with van der Waals surface area (Å²) >= 11 is 11.9. The van der Waals surface area contributed by atoms with E-state index >= 15 is 0 Å². The minimum absolute atomic E-state index is 0.405. The smallest absolute Gasteiger partial charge is 0.135 e. The average molecular weight is 325 g/mol. The van der Waals surface area contributed by atoms with Crippen molar-refractivity contribution in [1.82, 2.24) is 9.88 Å². The van der Waals surface area contributed by atoms with Crippen molar-refractivity contribution in [2.45, 2.75) is 13.5 Å². The highest BCUT2D eigenvalue weighted by Crippen LogP contribution is 2.18. The number of allylic oxidation sites excluding steroid dienone is 1. The van der Waals surface area contributed by atoms with Gasteiger partial charge in [-0.05, 0) is 18.6 Å². The molecule has 1 heterocycles. The van der Waals surface area contributed by atoms with E-state index in [1.807, 2.05) is 31.2 Å². The summed E-state index contributed by atoms with van der Waals surface area (Å²) in [6.45, 7) is 18.0. The van der Waals surface area contributed by atoms with Crippen LogP contribution < -0.4 is 0 Å². The van der Waals surface area contributed by atoms with Crippen LogP contribution in [0.5, 0.6) is 0 Å². The first-order valence-corrected chi connectivity index (χ1v) is 7.27. The topological polar surface area (TPSA) is 16.1 Å². The van der Waals surface area contributed by atoms with E-state index in [4.69, 9.17) is 23.2 Å². The Hall–Kier alpha value is -1.35. The van der Waals surface area contributed by atoms with Crippen molar-refractivity contribution in [3.63, 3.8) is 0 Å². The first kappa shape index (κ1) is 19.7. The molecule has 0 aliphatic rings. The maximum absolute atomic E-state index is 6.09. The first-order chi connectivity index (χ1) is 10.1. The van der Waals surface area contributed by atoms with Gasteiger partial charge in [0, 0.05) is 25.2 Å². The molecule has 0 spiro atoms. The van der Waals surface area contributed by atoms with Crippen LogP contribution in [-0.2, 0) is 6.54 Å². The van der Waals surface area contributed by atoms with Crippen molar-refractivity contribution >= 4 is 23.2 Å². The predicted molar refractivity (Wildman–Crippen MR) is 94.9 cm³/mol. The van der Waals surface area contributed by atoms with E-state index in [9.17, 15) is 0 Å². The molecule has 0 unspecified atom stereocenters. The molecule has 0 bridgehead atoms. The van der Waals surface area contributed by atoms with Crippen LogP contribution in [0, 0.1) is 0 Å². The van der Waals surface area contributed by atoms with E-state index in [0.29, 0.717) is 16.9 Å². The first-order valence-electron chi connectivity index (χ1n) is 6.51. The molecule has 0 aromatic carbocycles. The van der Waals surface area contributed by atoms with E-state index < -0.39 is 0 Å². The lowest BCUT2D eigenvalue weighted by atomic mass is 10.2. The predicted octanol–water partition coefficient (Wildman–Crippen LogP) is 5.31. The fraction of sp³-hybridized carbons (Fsp3) is 0.235. The Balaban J connectivity index is 0.00000191. The van der Waals surface area contributed by atoms with Crippen molar-refractivity contribution in [2.24, 2.45) is 0 Å². The maximum Gasteiger partial charge on any atom is 0.135 e. The molecule has 1 aromatic rings. The zero-order valence-corrected chi connectivity index (χ0v) is 14.0. The van der Waals surface area contributed by atoms with Crippen LogP contribution in [0.2, 0.25) is 10.3 Å². The number of nitrogens with zero attached hydrogens (tertiary/aromatic N) is 2. The largest absolute Gasteiger partial charge is 0.291 e. The number of rotatable bonds is 7. The molecule has 4 heteroatoms. The molecule has 0 N–H and O–H groups in total. The van der Waals surface area contributed by atoms with Crippen LogP contribution in [0.4, 0.5) is 0 Å². The SMILES string of the molecule is C=C.C=CCN(CC(=C)/C=C\C)Cc1ccc(Cl)nc1Cl. The van der Waals surface area contributed by atoms with Crippen LogP contribution in [0.15, 0.2) is 62.2 Å². The van der Waals surface area contributed by atoms with Crippen LogP contribution in [0.3, 0.4) is 0 Å². The zero-order chi connectivity index (χ0) is 16.3. The maximum atomic E-state index is 6.09. The number of hydrogen-bond acceptors (Lipinski definition) is 2. The lowest BCUT2D eigenvalue weighted by molar-refractivity contribution is 0.322. The monoisotopic (exact) mass is 324 g/mol. The molecule has 1 aromatic heterocycles. The number of halogens is 2. The summed E-state index contributed by atoms with van der Waals surface area (Å²) in [6.07, 6.45) is 5.84. The Bertz CT molecular complexity index is 496. The normalized spacial score (nSPS) is 10.3. The van der Waals surface area contributed by atoms with E-state index in [2.05, 4.69) is 36.2 Å². The van der Waals surface area contributed by atoms with Crippen molar-refractivity contribution in [1.29, 1.82) is 0 Å². The fourth-order valence-electron chi connectivity index (χ4n) is 1.74. The fourth-order valence-corrected chi connectivity index (χ4v) is 2.15. The van der Waals surface area contributed by atoms with Gasteiger partial charge in [-0.3, -0.25) is 4.90 Å². The average Bonchev–Trinajstić information content (AvgIpc) is 2.44. The molecule has 1 rings (SSSR count). The molecule has 0 saturated heterocycles. The summed E-state index contributed by atoms with van der Waals surface area (Å²) in [5.41, 5.74) is 1.99. The van der Waals surface area contributed by atoms with Gasteiger partial charge in [-0.2, -0.15) is 0 Å². The Kier molecular flexibility index (Phi) is 10.6. The second-order valence-corrected chi connectivity index (χ2v) is 4.95. The molecule has 0 aliphatic carbocycles. The van der Waals surface area contributed by atoms with Gasteiger partial charge >= 0.3 is 0 Å². The van der Waals surface area contributed by atoms with Gasteiger partial charge in [-0.1, -0.05) is 54.1 Å². The van der Waals surface area contributed by atoms with E-state index in [1.54, 1.807) is 6.07 Å². The summed E-state index contributed by atoms with van der Waals surface area (Å²) in [4.78, 5) is 6.23. The number of pyridine rings is 1. The van der Waals surface area contributed by atoms with Gasteiger partial charge in [0.1, 0.15) is 10.3 Å². The molecule has 0 fully saturated rings.